The smallest absolute Gasteiger partial charge is 0.289 e. The van der Waals surface area contributed by atoms with Gasteiger partial charge in [0.2, 0.25) is 5.91 Å². The van der Waals surface area contributed by atoms with Gasteiger partial charge in [0, 0.05) is 45.3 Å². The molecule has 1 aliphatic heterocycles. The van der Waals surface area contributed by atoms with E-state index in [4.69, 9.17) is 4.42 Å². The van der Waals surface area contributed by atoms with Crippen molar-refractivity contribution in [1.29, 1.82) is 0 Å². The normalized spacial score (nSPS) is 15.2. The molecule has 2 aromatic rings. The first-order valence-corrected chi connectivity index (χ1v) is 8.53. The highest BCUT2D eigenvalue weighted by atomic mass is 16.3. The van der Waals surface area contributed by atoms with E-state index in [1.54, 1.807) is 12.1 Å². The van der Waals surface area contributed by atoms with Crippen LogP contribution in [0.1, 0.15) is 23.0 Å². The molecule has 0 saturated carbocycles. The molecule has 1 saturated heterocycles. The first-order valence-electron chi connectivity index (χ1n) is 8.53. The van der Waals surface area contributed by atoms with Crippen molar-refractivity contribution in [2.75, 3.05) is 38.0 Å². The third-order valence-corrected chi connectivity index (χ3v) is 4.38. The Kier molecular flexibility index (Phi) is 5.50. The summed E-state index contributed by atoms with van der Waals surface area (Å²) >= 11 is 0. The number of hydrogen-bond donors (Lipinski definition) is 1. The molecule has 6 nitrogen and oxygen atoms in total. The third kappa shape index (κ3) is 4.70. The fraction of sp³-hybridized carbons (Fsp3) is 0.368. The number of rotatable bonds is 5. The van der Waals surface area contributed by atoms with Crippen LogP contribution in [0.3, 0.4) is 0 Å². The minimum Gasteiger partial charge on any atom is -0.459 e. The first-order chi connectivity index (χ1) is 12.1. The fourth-order valence-electron chi connectivity index (χ4n) is 2.98. The van der Waals surface area contributed by atoms with E-state index in [0.29, 0.717) is 5.76 Å². The molecular weight excluding hydrogens is 318 g/mol. The lowest BCUT2D eigenvalue weighted by Crippen LogP contribution is -2.49. The molecule has 1 aromatic carbocycles. The summed E-state index contributed by atoms with van der Waals surface area (Å²) in [6.07, 6.45) is 2.48. The Morgan fingerprint density at radius 2 is 1.80 bits per heavy atom. The SMILES string of the molecule is CC(=O)Nc1ccc(CCN2CCN(C(=O)c3ccco3)CC2)cc1. The topological polar surface area (TPSA) is 65.8 Å². The average Bonchev–Trinajstić information content (AvgIpc) is 3.15. The predicted octanol–water partition coefficient (Wildman–Crippen LogP) is 2.24. The van der Waals surface area contributed by atoms with Crippen molar-refractivity contribution in [2.24, 2.45) is 0 Å². The lowest BCUT2D eigenvalue weighted by molar-refractivity contribution is -0.114. The van der Waals surface area contributed by atoms with Gasteiger partial charge in [-0.05, 0) is 36.2 Å². The van der Waals surface area contributed by atoms with Crippen molar-refractivity contribution in [3.8, 4) is 0 Å². The largest absolute Gasteiger partial charge is 0.459 e. The van der Waals surface area contributed by atoms with E-state index in [1.165, 1.54) is 18.8 Å². The van der Waals surface area contributed by atoms with Gasteiger partial charge in [-0.15, -0.1) is 0 Å². The van der Waals surface area contributed by atoms with E-state index in [1.807, 2.05) is 29.2 Å². The molecule has 1 fully saturated rings. The van der Waals surface area contributed by atoms with Crippen LogP contribution in [0, 0.1) is 0 Å². The van der Waals surface area contributed by atoms with Gasteiger partial charge in [-0.3, -0.25) is 14.5 Å². The monoisotopic (exact) mass is 341 g/mol. The zero-order valence-electron chi connectivity index (χ0n) is 14.4. The number of carbonyl (C=O) groups excluding carboxylic acids is 2. The number of amides is 2. The lowest BCUT2D eigenvalue weighted by Gasteiger charge is -2.34. The maximum absolute atomic E-state index is 12.2. The van der Waals surface area contributed by atoms with E-state index < -0.39 is 0 Å². The summed E-state index contributed by atoms with van der Waals surface area (Å²) in [6, 6.07) is 11.4. The molecule has 0 spiro atoms. The van der Waals surface area contributed by atoms with Crippen molar-refractivity contribution in [3.63, 3.8) is 0 Å². The number of furan rings is 1. The molecule has 3 rings (SSSR count). The van der Waals surface area contributed by atoms with Gasteiger partial charge in [-0.2, -0.15) is 0 Å². The minimum atomic E-state index is -0.0604. The van der Waals surface area contributed by atoms with Gasteiger partial charge in [0.25, 0.3) is 5.91 Å². The lowest BCUT2D eigenvalue weighted by atomic mass is 10.1. The second-order valence-corrected chi connectivity index (χ2v) is 6.24. The molecule has 1 aliphatic rings. The maximum atomic E-state index is 12.2. The van der Waals surface area contributed by atoms with Crippen molar-refractivity contribution in [3.05, 3.63) is 54.0 Å². The number of benzene rings is 1. The molecule has 0 bridgehead atoms. The molecular formula is C19H23N3O3. The van der Waals surface area contributed by atoms with Gasteiger partial charge in [-0.25, -0.2) is 0 Å². The average molecular weight is 341 g/mol. The van der Waals surface area contributed by atoms with E-state index in [-0.39, 0.29) is 11.8 Å². The molecule has 0 aliphatic carbocycles. The van der Waals surface area contributed by atoms with Crippen LogP contribution in [0.2, 0.25) is 0 Å². The van der Waals surface area contributed by atoms with Crippen molar-refractivity contribution < 1.29 is 14.0 Å². The Balaban J connectivity index is 1.43. The van der Waals surface area contributed by atoms with Gasteiger partial charge in [0.05, 0.1) is 6.26 Å². The first kappa shape index (κ1) is 17.2. The zero-order valence-corrected chi connectivity index (χ0v) is 14.4. The number of piperazine rings is 1. The molecule has 25 heavy (non-hydrogen) atoms. The Labute approximate surface area is 147 Å². The summed E-state index contributed by atoms with van der Waals surface area (Å²) in [6.45, 7) is 5.65. The van der Waals surface area contributed by atoms with Gasteiger partial charge in [0.1, 0.15) is 0 Å². The van der Waals surface area contributed by atoms with Crippen molar-refractivity contribution in [2.45, 2.75) is 13.3 Å². The summed E-state index contributed by atoms with van der Waals surface area (Å²) in [5.41, 5.74) is 2.06. The summed E-state index contributed by atoms with van der Waals surface area (Å²) < 4.78 is 5.18. The van der Waals surface area contributed by atoms with Crippen LogP contribution in [0.5, 0.6) is 0 Å². The Morgan fingerprint density at radius 3 is 2.40 bits per heavy atom. The quantitative estimate of drug-likeness (QED) is 0.906. The summed E-state index contributed by atoms with van der Waals surface area (Å²) in [7, 11) is 0. The van der Waals surface area contributed by atoms with Crippen LogP contribution in [-0.2, 0) is 11.2 Å². The molecule has 2 heterocycles. The van der Waals surface area contributed by atoms with Gasteiger partial charge in [0.15, 0.2) is 5.76 Å². The standard InChI is InChI=1S/C19H23N3O3/c1-15(23)20-17-6-4-16(5-7-17)8-9-21-10-12-22(13-11-21)19(24)18-3-2-14-25-18/h2-7,14H,8-13H2,1H3,(H,20,23). The molecule has 1 aromatic heterocycles. The number of carbonyl (C=O) groups is 2. The van der Waals surface area contributed by atoms with E-state index in [9.17, 15) is 9.59 Å². The molecule has 6 heteroatoms. The molecule has 132 valence electrons. The van der Waals surface area contributed by atoms with Gasteiger partial charge in [-0.1, -0.05) is 12.1 Å². The molecule has 1 N–H and O–H groups in total. The van der Waals surface area contributed by atoms with Crippen LogP contribution in [0.4, 0.5) is 5.69 Å². The molecule has 2 amide bonds. The van der Waals surface area contributed by atoms with Crippen molar-refractivity contribution >= 4 is 17.5 Å². The Morgan fingerprint density at radius 1 is 1.08 bits per heavy atom. The highest BCUT2D eigenvalue weighted by Crippen LogP contribution is 2.12. The van der Waals surface area contributed by atoms with Gasteiger partial charge < -0.3 is 14.6 Å². The molecule has 0 unspecified atom stereocenters. The fourth-order valence-corrected chi connectivity index (χ4v) is 2.98. The molecule has 0 atom stereocenters. The van der Waals surface area contributed by atoms with E-state index in [2.05, 4.69) is 10.2 Å². The summed E-state index contributed by atoms with van der Waals surface area (Å²) in [5, 5.41) is 2.77. The second-order valence-electron chi connectivity index (χ2n) is 6.24. The second kappa shape index (κ2) is 7.98. The summed E-state index contributed by atoms with van der Waals surface area (Å²) in [5.74, 6) is 0.320. The van der Waals surface area contributed by atoms with Crippen LogP contribution in [-0.4, -0.2) is 54.3 Å². The highest BCUT2D eigenvalue weighted by Gasteiger charge is 2.23. The Hall–Kier alpha value is -2.60. The van der Waals surface area contributed by atoms with E-state index >= 15 is 0 Å². The maximum Gasteiger partial charge on any atom is 0.289 e. The van der Waals surface area contributed by atoms with Crippen LogP contribution < -0.4 is 5.32 Å². The zero-order chi connectivity index (χ0) is 17.6. The van der Waals surface area contributed by atoms with Crippen LogP contribution in [0.25, 0.3) is 0 Å². The predicted molar refractivity (Wildman–Crippen MR) is 95.5 cm³/mol. The van der Waals surface area contributed by atoms with E-state index in [0.717, 1.165) is 44.8 Å². The number of hydrogen-bond acceptors (Lipinski definition) is 4. The number of anilines is 1. The third-order valence-electron chi connectivity index (χ3n) is 4.38. The number of nitrogens with zero attached hydrogens (tertiary/aromatic N) is 2. The van der Waals surface area contributed by atoms with Crippen LogP contribution >= 0.6 is 0 Å². The van der Waals surface area contributed by atoms with Gasteiger partial charge >= 0.3 is 0 Å². The number of nitrogens with one attached hydrogen (secondary N) is 1. The summed E-state index contributed by atoms with van der Waals surface area (Å²) in [4.78, 5) is 27.5. The Bertz CT molecular complexity index is 702. The minimum absolute atomic E-state index is 0.0294. The van der Waals surface area contributed by atoms with Crippen LogP contribution in [0.15, 0.2) is 47.1 Å². The molecule has 0 radical (unpaired) electrons. The highest BCUT2D eigenvalue weighted by molar-refractivity contribution is 5.91. The van der Waals surface area contributed by atoms with Crippen molar-refractivity contribution in [1.82, 2.24) is 9.80 Å².